The Morgan fingerprint density at radius 1 is 1.25 bits per heavy atom. The lowest BCUT2D eigenvalue weighted by atomic mass is 9.99. The summed E-state index contributed by atoms with van der Waals surface area (Å²) in [7, 11) is 1.67. The second kappa shape index (κ2) is 6.45. The molecule has 0 spiro atoms. The molecule has 142 valence electrons. The van der Waals surface area contributed by atoms with Gasteiger partial charge in [-0.15, -0.1) is 0 Å². The van der Waals surface area contributed by atoms with Gasteiger partial charge in [0.2, 0.25) is 0 Å². The number of hydrogen-bond donors (Lipinski definition) is 2. The fraction of sp³-hybridized carbons (Fsp3) is 0.286. The number of aliphatic hydroxyl groups is 1. The third kappa shape index (κ3) is 2.58. The van der Waals surface area contributed by atoms with Crippen LogP contribution in [0.25, 0.3) is 33.5 Å². The molecule has 28 heavy (non-hydrogen) atoms. The molecule has 1 aliphatic carbocycles. The number of methoxy groups -OCH3 is 1. The Labute approximate surface area is 162 Å². The second-order valence-electron chi connectivity index (χ2n) is 7.15. The van der Waals surface area contributed by atoms with Crippen LogP contribution in [0.2, 0.25) is 0 Å². The lowest BCUT2D eigenvalue weighted by Gasteiger charge is -2.12. The highest BCUT2D eigenvalue weighted by Crippen LogP contribution is 2.38. The van der Waals surface area contributed by atoms with E-state index in [4.69, 9.17) is 9.72 Å². The number of H-pyrrole nitrogens is 1. The van der Waals surface area contributed by atoms with Gasteiger partial charge in [-0.05, 0) is 37.3 Å². The molecule has 2 N–H and O–H groups in total. The van der Waals surface area contributed by atoms with Crippen molar-refractivity contribution >= 4 is 11.0 Å². The number of aromatic amines is 1. The van der Waals surface area contributed by atoms with Gasteiger partial charge in [-0.25, -0.2) is 9.67 Å². The van der Waals surface area contributed by atoms with Gasteiger partial charge in [-0.3, -0.25) is 5.10 Å². The molecule has 1 unspecified atom stereocenters. The van der Waals surface area contributed by atoms with E-state index in [2.05, 4.69) is 33.5 Å². The quantitative estimate of drug-likeness (QED) is 0.570. The topological polar surface area (TPSA) is 88.8 Å². The smallest absolute Gasteiger partial charge is 0.147 e. The summed E-state index contributed by atoms with van der Waals surface area (Å²) in [5.74, 6) is 0.725. The van der Waals surface area contributed by atoms with Gasteiger partial charge < -0.3 is 9.84 Å². The molecule has 1 aromatic carbocycles. The maximum atomic E-state index is 9.74. The first kappa shape index (κ1) is 16.9. The molecule has 0 saturated heterocycles. The van der Waals surface area contributed by atoms with Crippen LogP contribution in [0.5, 0.6) is 5.75 Å². The first-order valence-corrected chi connectivity index (χ1v) is 9.42. The third-order valence-corrected chi connectivity index (χ3v) is 5.38. The highest BCUT2D eigenvalue weighted by atomic mass is 16.5. The molecule has 0 aliphatic heterocycles. The minimum absolute atomic E-state index is 0.700. The number of aliphatic hydroxyl groups excluding tert-OH is 1. The summed E-state index contributed by atoms with van der Waals surface area (Å²) >= 11 is 0. The van der Waals surface area contributed by atoms with E-state index in [-0.39, 0.29) is 0 Å². The molecule has 1 aliphatic rings. The van der Waals surface area contributed by atoms with E-state index < -0.39 is 6.23 Å². The highest BCUT2D eigenvalue weighted by Gasteiger charge is 2.21. The Balaban J connectivity index is 1.71. The maximum absolute atomic E-state index is 9.74. The van der Waals surface area contributed by atoms with Crippen molar-refractivity contribution in [3.8, 4) is 28.3 Å². The fourth-order valence-corrected chi connectivity index (χ4v) is 3.99. The average Bonchev–Trinajstić information content (AvgIpc) is 3.44. The van der Waals surface area contributed by atoms with Gasteiger partial charge in [-0.1, -0.05) is 18.2 Å². The molecule has 0 fully saturated rings. The van der Waals surface area contributed by atoms with Gasteiger partial charge in [0, 0.05) is 23.4 Å². The van der Waals surface area contributed by atoms with Gasteiger partial charge in [0.05, 0.1) is 18.8 Å². The number of aromatic nitrogens is 5. The van der Waals surface area contributed by atoms with E-state index in [1.165, 1.54) is 22.2 Å². The zero-order valence-electron chi connectivity index (χ0n) is 15.8. The van der Waals surface area contributed by atoms with Crippen LogP contribution in [-0.4, -0.2) is 37.2 Å². The van der Waals surface area contributed by atoms with E-state index >= 15 is 0 Å². The van der Waals surface area contributed by atoms with Crippen LogP contribution in [-0.2, 0) is 12.8 Å². The number of fused-ring (bicyclic) bond motifs is 2. The summed E-state index contributed by atoms with van der Waals surface area (Å²) < 4.78 is 7.15. The first-order chi connectivity index (χ1) is 13.7. The Bertz CT molecular complexity index is 1170. The predicted octanol–water partition coefficient (Wildman–Crippen LogP) is 3.50. The number of pyridine rings is 1. The minimum Gasteiger partial charge on any atom is -0.494 e. The lowest BCUT2D eigenvalue weighted by Crippen LogP contribution is -2.03. The molecule has 0 radical (unpaired) electrons. The second-order valence-corrected chi connectivity index (χ2v) is 7.15. The summed E-state index contributed by atoms with van der Waals surface area (Å²) in [6.45, 7) is 1.66. The van der Waals surface area contributed by atoms with Crippen molar-refractivity contribution in [2.45, 2.75) is 32.4 Å². The zero-order chi connectivity index (χ0) is 19.3. The Hall–Kier alpha value is -3.19. The molecular weight excluding hydrogens is 354 g/mol. The summed E-state index contributed by atoms with van der Waals surface area (Å²) in [6, 6.07) is 8.35. The van der Waals surface area contributed by atoms with Crippen molar-refractivity contribution < 1.29 is 9.84 Å². The number of nitrogens with zero attached hydrogens (tertiary/aromatic N) is 4. The van der Waals surface area contributed by atoms with Crippen LogP contribution in [0.15, 0.2) is 36.7 Å². The van der Waals surface area contributed by atoms with E-state index in [1.807, 2.05) is 6.07 Å². The van der Waals surface area contributed by atoms with E-state index in [0.717, 1.165) is 46.4 Å². The molecule has 3 heterocycles. The van der Waals surface area contributed by atoms with E-state index in [1.54, 1.807) is 26.4 Å². The summed E-state index contributed by atoms with van der Waals surface area (Å²) in [5.41, 5.74) is 7.78. The zero-order valence-corrected chi connectivity index (χ0v) is 15.8. The number of benzene rings is 1. The summed E-state index contributed by atoms with van der Waals surface area (Å²) in [4.78, 5) is 4.97. The minimum atomic E-state index is -0.700. The van der Waals surface area contributed by atoms with Crippen molar-refractivity contribution in [2.75, 3.05) is 7.11 Å². The van der Waals surface area contributed by atoms with Gasteiger partial charge in [-0.2, -0.15) is 10.2 Å². The molecule has 7 nitrogen and oxygen atoms in total. The fourth-order valence-electron chi connectivity index (χ4n) is 3.99. The largest absolute Gasteiger partial charge is 0.494 e. The molecule has 7 heteroatoms. The first-order valence-electron chi connectivity index (χ1n) is 9.42. The standard InChI is InChI=1S/C21H21N5O2/c1-12(27)26-11-14(10-22-26)19-21-17(24-25-19)9-18(28-2)20(23-21)16-8-4-6-13-5-3-7-15(13)16/h4,6,8-12,27H,3,5,7H2,1-2H3,(H,24,25). The normalized spacial score (nSPS) is 14.4. The monoisotopic (exact) mass is 375 g/mol. The van der Waals surface area contributed by atoms with Gasteiger partial charge >= 0.3 is 0 Å². The Kier molecular flexibility index (Phi) is 3.91. The van der Waals surface area contributed by atoms with Crippen LogP contribution >= 0.6 is 0 Å². The number of aryl methyl sites for hydroxylation is 1. The van der Waals surface area contributed by atoms with Crippen molar-refractivity contribution in [1.29, 1.82) is 0 Å². The van der Waals surface area contributed by atoms with Crippen LogP contribution in [0, 0.1) is 0 Å². The van der Waals surface area contributed by atoms with Gasteiger partial charge in [0.25, 0.3) is 0 Å². The van der Waals surface area contributed by atoms with Crippen LogP contribution in [0.1, 0.15) is 30.7 Å². The molecule has 3 aromatic heterocycles. The van der Waals surface area contributed by atoms with Crippen molar-refractivity contribution in [2.24, 2.45) is 0 Å². The Morgan fingerprint density at radius 2 is 2.14 bits per heavy atom. The predicted molar refractivity (Wildman–Crippen MR) is 106 cm³/mol. The number of hydrogen-bond acceptors (Lipinski definition) is 5. The number of ether oxygens (including phenoxy) is 1. The Morgan fingerprint density at radius 3 is 2.93 bits per heavy atom. The molecule has 0 saturated carbocycles. The molecule has 4 aromatic rings. The van der Waals surface area contributed by atoms with Gasteiger partial charge in [0.1, 0.15) is 28.9 Å². The number of nitrogens with one attached hydrogen (secondary N) is 1. The van der Waals surface area contributed by atoms with Crippen LogP contribution in [0.3, 0.4) is 0 Å². The van der Waals surface area contributed by atoms with Crippen molar-refractivity contribution in [3.63, 3.8) is 0 Å². The SMILES string of the molecule is COc1cc2[nH]nc(-c3cnn(C(C)O)c3)c2nc1-c1cccc2c1CCC2. The number of rotatable bonds is 4. The molecule has 5 rings (SSSR count). The van der Waals surface area contributed by atoms with Gasteiger partial charge in [0.15, 0.2) is 0 Å². The molecule has 0 amide bonds. The maximum Gasteiger partial charge on any atom is 0.147 e. The highest BCUT2D eigenvalue weighted by molar-refractivity contribution is 5.92. The molecule has 1 atom stereocenters. The van der Waals surface area contributed by atoms with Crippen molar-refractivity contribution in [3.05, 3.63) is 47.8 Å². The molecular formula is C21H21N5O2. The summed E-state index contributed by atoms with van der Waals surface area (Å²) in [5, 5.41) is 21.4. The van der Waals surface area contributed by atoms with Crippen molar-refractivity contribution in [1.82, 2.24) is 25.0 Å². The van der Waals surface area contributed by atoms with E-state index in [0.29, 0.717) is 5.69 Å². The van der Waals surface area contributed by atoms with E-state index in [9.17, 15) is 5.11 Å². The third-order valence-electron chi connectivity index (χ3n) is 5.38. The molecule has 0 bridgehead atoms. The lowest BCUT2D eigenvalue weighted by molar-refractivity contribution is 0.111. The van der Waals surface area contributed by atoms with Crippen LogP contribution in [0.4, 0.5) is 0 Å². The van der Waals surface area contributed by atoms with Crippen LogP contribution < -0.4 is 4.74 Å². The summed E-state index contributed by atoms with van der Waals surface area (Å²) in [6.07, 6.45) is 6.11. The average molecular weight is 375 g/mol.